The highest BCUT2D eigenvalue weighted by molar-refractivity contribution is 7.86. The molecule has 0 spiro atoms. The van der Waals surface area contributed by atoms with Crippen LogP contribution in [0.25, 0.3) is 33.4 Å². The van der Waals surface area contributed by atoms with E-state index in [1.165, 1.54) is 31.2 Å². The lowest BCUT2D eigenvalue weighted by molar-refractivity contribution is -0.145. The quantitative estimate of drug-likeness (QED) is 0.0360. The number of nitrogens with zero attached hydrogens (tertiary/aromatic N) is 1. The summed E-state index contributed by atoms with van der Waals surface area (Å²) in [6.07, 6.45) is -1.19. The Bertz CT molecular complexity index is 3410. The molecule has 1 heterocycles. The molecule has 1 atom stereocenters. The van der Waals surface area contributed by atoms with Gasteiger partial charge in [0.05, 0.1) is 35.3 Å². The third-order valence-electron chi connectivity index (χ3n) is 11.0. The number of amides is 4. The van der Waals surface area contributed by atoms with Crippen LogP contribution in [0.1, 0.15) is 46.2 Å². The standard InChI is InChI=1S/C46H46N6O15S2/c1-21-15-23(3)42(51-45(59)47-14-13-37(53)54)25(5)40(21)48-27-11-12-28-33(17-27)67-34-19-31(36(69(64,65)66)18-30(34)39(28)29-9-7-8-10-35(29)68(61,62)63)49-41-22(2)16-24(4)43(26(41)6)52-46(60)50-32(44(57)58)20-38(55)56/h7-12,15-19,32,48H,13-14,20H2,1-6H3,(H,53,54)(H,55,56)(H,57,58)(H2,47,51,59)(H2,50,52,60)(H,61,62,63)(H,64,65,66). The van der Waals surface area contributed by atoms with Gasteiger partial charge in [-0.2, -0.15) is 16.8 Å². The van der Waals surface area contributed by atoms with Crippen molar-refractivity contribution in [2.75, 3.05) is 22.5 Å². The maximum absolute atomic E-state index is 13.3. The summed E-state index contributed by atoms with van der Waals surface area (Å²) in [6, 6.07) is 12.4. The van der Waals surface area contributed by atoms with E-state index >= 15 is 0 Å². The van der Waals surface area contributed by atoms with Gasteiger partial charge in [0.25, 0.3) is 20.2 Å². The summed E-state index contributed by atoms with van der Waals surface area (Å²) in [5, 5.41) is 40.6. The maximum atomic E-state index is 13.3. The van der Waals surface area contributed by atoms with Gasteiger partial charge >= 0.3 is 30.0 Å². The first-order chi connectivity index (χ1) is 32.2. The molecule has 4 aromatic rings. The summed E-state index contributed by atoms with van der Waals surface area (Å²) in [7, 11) is -10.1. The van der Waals surface area contributed by atoms with Crippen molar-refractivity contribution in [3.05, 3.63) is 105 Å². The molecule has 0 fully saturated rings. The van der Waals surface area contributed by atoms with E-state index in [2.05, 4.69) is 31.6 Å². The molecule has 362 valence electrons. The van der Waals surface area contributed by atoms with E-state index in [9.17, 15) is 55.0 Å². The number of fused-ring (bicyclic) bond motifs is 2. The highest BCUT2D eigenvalue weighted by Gasteiger charge is 2.28. The number of nitrogens with one attached hydrogen (secondary N) is 5. The monoisotopic (exact) mass is 986 g/mol. The van der Waals surface area contributed by atoms with Crippen LogP contribution in [-0.4, -0.2) is 83.8 Å². The van der Waals surface area contributed by atoms with E-state index in [0.29, 0.717) is 39.3 Å². The highest BCUT2D eigenvalue weighted by Crippen LogP contribution is 2.44. The molecule has 0 radical (unpaired) electrons. The minimum atomic E-state index is -5.15. The third-order valence-corrected chi connectivity index (χ3v) is 12.8. The smallest absolute Gasteiger partial charge is 0.326 e. The molecule has 1 unspecified atom stereocenters. The third kappa shape index (κ3) is 11.3. The van der Waals surface area contributed by atoms with Crippen LogP contribution >= 0.6 is 0 Å². The molecular formula is C46H46N6O15S2. The van der Waals surface area contributed by atoms with Gasteiger partial charge in [0.2, 0.25) is 0 Å². The first-order valence-corrected chi connectivity index (χ1v) is 23.5. The number of hydrogen-bond donors (Lipinski definition) is 10. The van der Waals surface area contributed by atoms with Crippen LogP contribution in [0.3, 0.4) is 0 Å². The summed E-state index contributed by atoms with van der Waals surface area (Å²) in [5.74, 6) is -4.22. The van der Waals surface area contributed by atoms with Crippen molar-refractivity contribution in [3.8, 4) is 22.5 Å². The van der Waals surface area contributed by atoms with Gasteiger partial charge in [-0.3, -0.25) is 18.7 Å². The zero-order valence-electron chi connectivity index (χ0n) is 37.6. The number of benzene rings is 5. The Morgan fingerprint density at radius 3 is 1.90 bits per heavy atom. The van der Waals surface area contributed by atoms with E-state index in [4.69, 9.17) is 14.6 Å². The molecule has 6 rings (SSSR count). The fraction of sp³-hybridized carbons (Fsp3) is 0.217. The molecular weight excluding hydrogens is 941 g/mol. The molecule has 2 aliphatic rings. The largest absolute Gasteiger partial charge is 0.481 e. The summed E-state index contributed by atoms with van der Waals surface area (Å²) < 4.78 is 79.8. The molecule has 10 N–H and O–H groups in total. The minimum Gasteiger partial charge on any atom is -0.481 e. The average Bonchev–Trinajstić information content (AvgIpc) is 3.24. The number of anilines is 4. The molecule has 21 nitrogen and oxygen atoms in total. The fourth-order valence-electron chi connectivity index (χ4n) is 7.96. The fourth-order valence-corrected chi connectivity index (χ4v) is 9.30. The number of carboxylic acid groups (broad SMARTS) is 3. The van der Waals surface area contributed by atoms with Gasteiger partial charge in [-0.25, -0.2) is 19.4 Å². The molecule has 0 bridgehead atoms. The van der Waals surface area contributed by atoms with E-state index < -0.39 is 72.5 Å². The highest BCUT2D eigenvalue weighted by atomic mass is 32.2. The van der Waals surface area contributed by atoms with Crippen molar-refractivity contribution in [2.24, 2.45) is 4.99 Å². The predicted octanol–water partition coefficient (Wildman–Crippen LogP) is 7.17. The van der Waals surface area contributed by atoms with Gasteiger partial charge < -0.3 is 46.3 Å². The SMILES string of the molecule is Cc1cc(C)c(NC(=O)NC(CC(=O)O)C(=O)O)c(C)c1N=c1cc2oc3cc(Nc4c(C)cc(C)c(NC(=O)NCCC(=O)O)c4C)ccc3c(-c3ccccc3S(=O)(=O)O)c-2cc1S(=O)(=O)O. The van der Waals surface area contributed by atoms with Crippen molar-refractivity contribution in [2.45, 2.75) is 70.2 Å². The lowest BCUT2D eigenvalue weighted by Crippen LogP contribution is -2.44. The van der Waals surface area contributed by atoms with Crippen LogP contribution in [0.4, 0.5) is 38.0 Å². The van der Waals surface area contributed by atoms with E-state index in [0.717, 1.165) is 17.7 Å². The van der Waals surface area contributed by atoms with Crippen LogP contribution < -0.4 is 31.9 Å². The van der Waals surface area contributed by atoms with Crippen molar-refractivity contribution in [1.82, 2.24) is 10.6 Å². The normalized spacial score (nSPS) is 12.4. The summed E-state index contributed by atoms with van der Waals surface area (Å²) in [5.41, 5.74) is 5.05. The zero-order chi connectivity index (χ0) is 50.9. The molecule has 4 amide bonds. The lowest BCUT2D eigenvalue weighted by Gasteiger charge is -2.21. The van der Waals surface area contributed by atoms with Gasteiger partial charge in [-0.1, -0.05) is 30.3 Å². The van der Waals surface area contributed by atoms with Crippen molar-refractivity contribution < 1.29 is 69.7 Å². The van der Waals surface area contributed by atoms with Crippen LogP contribution in [-0.2, 0) is 34.6 Å². The average molecular weight is 987 g/mol. The van der Waals surface area contributed by atoms with E-state index in [-0.39, 0.29) is 68.7 Å². The summed E-state index contributed by atoms with van der Waals surface area (Å²) >= 11 is 0. The van der Waals surface area contributed by atoms with Crippen molar-refractivity contribution in [3.63, 3.8) is 0 Å². The number of rotatable bonds is 15. The number of aryl methyl sites for hydroxylation is 4. The number of aliphatic carboxylic acids is 3. The van der Waals surface area contributed by atoms with Crippen LogP contribution in [0.15, 0.2) is 85.9 Å². The Kier molecular flexibility index (Phi) is 14.5. The Labute approximate surface area is 394 Å². The number of hydrogen-bond acceptors (Lipinski definition) is 12. The molecule has 0 saturated heterocycles. The Hall–Kier alpha value is -7.86. The molecule has 69 heavy (non-hydrogen) atoms. The van der Waals surface area contributed by atoms with Gasteiger partial charge in [-0.05, 0) is 99.2 Å². The van der Waals surface area contributed by atoms with Crippen LogP contribution in [0.2, 0.25) is 0 Å². The summed E-state index contributed by atoms with van der Waals surface area (Å²) in [4.78, 5) is 62.9. The summed E-state index contributed by atoms with van der Waals surface area (Å²) in [6.45, 7) is 10.1. The molecule has 23 heteroatoms. The first kappa shape index (κ1) is 50.6. The molecule has 1 aliphatic heterocycles. The Morgan fingerprint density at radius 1 is 0.667 bits per heavy atom. The van der Waals surface area contributed by atoms with Crippen molar-refractivity contribution >= 4 is 89.6 Å². The van der Waals surface area contributed by atoms with Crippen molar-refractivity contribution in [1.29, 1.82) is 0 Å². The second kappa shape index (κ2) is 19.8. The number of urea groups is 2. The van der Waals surface area contributed by atoms with Gasteiger partial charge in [-0.15, -0.1) is 0 Å². The topological polar surface area (TPSA) is 340 Å². The predicted molar refractivity (Wildman–Crippen MR) is 253 cm³/mol. The molecule has 1 aliphatic carbocycles. The van der Waals surface area contributed by atoms with Crippen LogP contribution in [0.5, 0.6) is 0 Å². The second-order valence-electron chi connectivity index (χ2n) is 16.0. The van der Waals surface area contributed by atoms with Gasteiger partial charge in [0.1, 0.15) is 27.2 Å². The maximum Gasteiger partial charge on any atom is 0.326 e. The minimum absolute atomic E-state index is 0.0285. The van der Waals surface area contributed by atoms with E-state index in [1.807, 2.05) is 13.0 Å². The second-order valence-corrected chi connectivity index (χ2v) is 18.8. The lowest BCUT2D eigenvalue weighted by atomic mass is 9.93. The first-order valence-electron chi connectivity index (χ1n) is 20.7. The van der Waals surface area contributed by atoms with Gasteiger partial charge in [0, 0.05) is 52.1 Å². The Morgan fingerprint density at radius 2 is 1.28 bits per heavy atom. The van der Waals surface area contributed by atoms with E-state index in [1.54, 1.807) is 52.0 Å². The molecule has 0 saturated carbocycles. The van der Waals surface area contributed by atoms with Gasteiger partial charge in [0.15, 0.2) is 0 Å². The number of carboxylic acids is 3. The Balaban J connectivity index is 1.57. The zero-order valence-corrected chi connectivity index (χ0v) is 39.3. The van der Waals surface area contributed by atoms with Crippen LogP contribution in [0, 0.1) is 41.5 Å². The number of carbonyl (C=O) groups excluding carboxylic acids is 2. The number of carbonyl (C=O) groups is 5. The molecule has 0 aromatic heterocycles. The molecule has 4 aromatic carbocycles.